The van der Waals surface area contributed by atoms with Crippen molar-refractivity contribution in [3.8, 4) is 0 Å². The number of nitrogens with two attached hydrogens (primary N) is 1. The molecule has 0 aliphatic carbocycles. The molecule has 0 saturated heterocycles. The van der Waals surface area contributed by atoms with Crippen LogP contribution >= 0.6 is 0 Å². The molecular formula is C13H20N2O2. The van der Waals surface area contributed by atoms with Gasteiger partial charge in [-0.1, -0.05) is 0 Å². The number of rotatable bonds is 6. The number of benzene rings is 1. The van der Waals surface area contributed by atoms with Crippen LogP contribution in [0.3, 0.4) is 0 Å². The second-order valence-corrected chi connectivity index (χ2v) is 4.15. The largest absolute Gasteiger partial charge is 0.399 e. The Kier molecular flexibility index (Phi) is 5.49. The molecule has 1 aromatic rings. The highest BCUT2D eigenvalue weighted by Gasteiger charge is 2.03. The maximum atomic E-state index is 11.7. The Bertz CT molecular complexity index is 347. The Morgan fingerprint density at radius 3 is 2.59 bits per heavy atom. The molecule has 0 spiro atoms. The molecule has 0 bridgehead atoms. The number of anilines is 1. The zero-order chi connectivity index (χ0) is 12.7. The zero-order valence-corrected chi connectivity index (χ0v) is 10.4. The van der Waals surface area contributed by atoms with E-state index >= 15 is 0 Å². The monoisotopic (exact) mass is 236 g/mol. The van der Waals surface area contributed by atoms with Gasteiger partial charge in [-0.25, -0.2) is 0 Å². The molecule has 1 amide bonds. The number of amides is 1. The van der Waals surface area contributed by atoms with E-state index in [1.807, 2.05) is 13.8 Å². The quantitative estimate of drug-likeness (QED) is 0.585. The van der Waals surface area contributed by atoms with Gasteiger partial charge in [-0.05, 0) is 44.5 Å². The summed E-state index contributed by atoms with van der Waals surface area (Å²) in [6.45, 7) is 5.27. The van der Waals surface area contributed by atoms with Gasteiger partial charge < -0.3 is 15.8 Å². The van der Waals surface area contributed by atoms with Crippen molar-refractivity contribution in [1.29, 1.82) is 0 Å². The maximum absolute atomic E-state index is 11.7. The van der Waals surface area contributed by atoms with Gasteiger partial charge >= 0.3 is 0 Å². The molecule has 0 heterocycles. The highest BCUT2D eigenvalue weighted by atomic mass is 16.5. The predicted molar refractivity (Wildman–Crippen MR) is 68.9 cm³/mol. The van der Waals surface area contributed by atoms with Crippen molar-refractivity contribution < 1.29 is 9.53 Å². The molecular weight excluding hydrogens is 216 g/mol. The summed E-state index contributed by atoms with van der Waals surface area (Å²) in [4.78, 5) is 11.7. The van der Waals surface area contributed by atoms with E-state index in [4.69, 9.17) is 10.5 Å². The van der Waals surface area contributed by atoms with Crippen LogP contribution in [0.4, 0.5) is 5.69 Å². The van der Waals surface area contributed by atoms with Gasteiger partial charge in [0.1, 0.15) is 0 Å². The second-order valence-electron chi connectivity index (χ2n) is 4.15. The molecule has 0 saturated carbocycles. The Morgan fingerprint density at radius 1 is 1.35 bits per heavy atom. The molecule has 1 aromatic carbocycles. The molecule has 0 fully saturated rings. The minimum atomic E-state index is -0.0745. The van der Waals surface area contributed by atoms with Gasteiger partial charge in [-0.15, -0.1) is 0 Å². The smallest absolute Gasteiger partial charge is 0.251 e. The Hall–Kier alpha value is -1.55. The van der Waals surface area contributed by atoms with Crippen molar-refractivity contribution >= 4 is 11.6 Å². The molecule has 4 nitrogen and oxygen atoms in total. The highest BCUT2D eigenvalue weighted by molar-refractivity contribution is 5.94. The van der Waals surface area contributed by atoms with Crippen LogP contribution in [0.15, 0.2) is 24.3 Å². The predicted octanol–water partition coefficient (Wildman–Crippen LogP) is 1.81. The first-order chi connectivity index (χ1) is 8.09. The summed E-state index contributed by atoms with van der Waals surface area (Å²) in [5.41, 5.74) is 6.83. The number of hydrogen-bond donors (Lipinski definition) is 2. The van der Waals surface area contributed by atoms with Crippen LogP contribution in [0.25, 0.3) is 0 Å². The lowest BCUT2D eigenvalue weighted by molar-refractivity contribution is 0.0757. The summed E-state index contributed by atoms with van der Waals surface area (Å²) in [6, 6.07) is 6.87. The number of ether oxygens (including phenoxy) is 1. The molecule has 0 aromatic heterocycles. The SMILES string of the molecule is CC(C)OCCCNC(=O)c1ccc(N)cc1. The van der Waals surface area contributed by atoms with Gasteiger partial charge in [-0.3, -0.25) is 4.79 Å². The minimum absolute atomic E-state index is 0.0745. The first-order valence-corrected chi connectivity index (χ1v) is 5.85. The summed E-state index contributed by atoms with van der Waals surface area (Å²) in [5, 5.41) is 2.83. The van der Waals surface area contributed by atoms with Gasteiger partial charge in [-0.2, -0.15) is 0 Å². The molecule has 94 valence electrons. The fraction of sp³-hybridized carbons (Fsp3) is 0.462. The van der Waals surface area contributed by atoms with Crippen LogP contribution in [0.1, 0.15) is 30.6 Å². The van der Waals surface area contributed by atoms with Crippen molar-refractivity contribution in [3.63, 3.8) is 0 Å². The van der Waals surface area contributed by atoms with Crippen LogP contribution in [0.5, 0.6) is 0 Å². The van der Waals surface area contributed by atoms with Gasteiger partial charge in [0.05, 0.1) is 6.10 Å². The fourth-order valence-electron chi connectivity index (χ4n) is 1.33. The average molecular weight is 236 g/mol. The summed E-state index contributed by atoms with van der Waals surface area (Å²) in [6.07, 6.45) is 1.06. The third kappa shape index (κ3) is 5.36. The lowest BCUT2D eigenvalue weighted by Crippen LogP contribution is -2.25. The van der Waals surface area contributed by atoms with Crippen LogP contribution in [-0.4, -0.2) is 25.2 Å². The van der Waals surface area contributed by atoms with E-state index in [2.05, 4.69) is 5.32 Å². The molecule has 3 N–H and O–H groups in total. The molecule has 0 aliphatic heterocycles. The van der Waals surface area contributed by atoms with E-state index in [0.717, 1.165) is 6.42 Å². The van der Waals surface area contributed by atoms with E-state index in [1.54, 1.807) is 24.3 Å². The topological polar surface area (TPSA) is 64.3 Å². The number of carbonyl (C=O) groups excluding carboxylic acids is 1. The first-order valence-electron chi connectivity index (χ1n) is 5.85. The average Bonchev–Trinajstić information content (AvgIpc) is 2.29. The van der Waals surface area contributed by atoms with Crippen LogP contribution in [-0.2, 0) is 4.74 Å². The summed E-state index contributed by atoms with van der Waals surface area (Å²) in [7, 11) is 0. The lowest BCUT2D eigenvalue weighted by Gasteiger charge is -2.08. The third-order valence-corrected chi connectivity index (χ3v) is 2.23. The highest BCUT2D eigenvalue weighted by Crippen LogP contribution is 2.04. The fourth-order valence-corrected chi connectivity index (χ4v) is 1.33. The van der Waals surface area contributed by atoms with Crippen molar-refractivity contribution in [2.45, 2.75) is 26.4 Å². The third-order valence-electron chi connectivity index (χ3n) is 2.23. The summed E-state index contributed by atoms with van der Waals surface area (Å²) in [5.74, 6) is -0.0745. The maximum Gasteiger partial charge on any atom is 0.251 e. The van der Waals surface area contributed by atoms with E-state index in [9.17, 15) is 4.79 Å². The number of hydrogen-bond acceptors (Lipinski definition) is 3. The van der Waals surface area contributed by atoms with Crippen LogP contribution in [0.2, 0.25) is 0 Å². The van der Waals surface area contributed by atoms with Crippen molar-refractivity contribution in [3.05, 3.63) is 29.8 Å². The van der Waals surface area contributed by atoms with Crippen LogP contribution in [0, 0.1) is 0 Å². The van der Waals surface area contributed by atoms with E-state index < -0.39 is 0 Å². The van der Waals surface area contributed by atoms with Crippen LogP contribution < -0.4 is 11.1 Å². The molecule has 17 heavy (non-hydrogen) atoms. The van der Waals surface area contributed by atoms with E-state index in [0.29, 0.717) is 24.4 Å². The lowest BCUT2D eigenvalue weighted by atomic mass is 10.2. The second kappa shape index (κ2) is 6.91. The van der Waals surface area contributed by atoms with Crippen molar-refractivity contribution in [2.75, 3.05) is 18.9 Å². The standard InChI is InChI=1S/C13H20N2O2/c1-10(2)17-9-3-8-15-13(16)11-4-6-12(14)7-5-11/h4-7,10H,3,8-9,14H2,1-2H3,(H,15,16). The van der Waals surface area contributed by atoms with E-state index in [1.165, 1.54) is 0 Å². The Balaban J connectivity index is 2.23. The number of nitrogens with one attached hydrogen (secondary N) is 1. The Labute approximate surface area is 102 Å². The van der Waals surface area contributed by atoms with Gasteiger partial charge in [0.25, 0.3) is 5.91 Å². The van der Waals surface area contributed by atoms with Gasteiger partial charge in [0.2, 0.25) is 0 Å². The molecule has 0 atom stereocenters. The number of carbonyl (C=O) groups is 1. The number of nitrogen functional groups attached to an aromatic ring is 1. The molecule has 1 rings (SSSR count). The Morgan fingerprint density at radius 2 is 2.00 bits per heavy atom. The van der Waals surface area contributed by atoms with Crippen molar-refractivity contribution in [2.24, 2.45) is 0 Å². The summed E-state index contributed by atoms with van der Waals surface area (Å²) >= 11 is 0. The summed E-state index contributed by atoms with van der Waals surface area (Å²) < 4.78 is 5.38. The van der Waals surface area contributed by atoms with Gasteiger partial charge in [0.15, 0.2) is 0 Å². The molecule has 4 heteroatoms. The zero-order valence-electron chi connectivity index (χ0n) is 10.4. The molecule has 0 aliphatic rings. The first kappa shape index (κ1) is 13.5. The minimum Gasteiger partial charge on any atom is -0.399 e. The molecule has 0 unspecified atom stereocenters. The van der Waals surface area contributed by atoms with Gasteiger partial charge in [0, 0.05) is 24.4 Å². The van der Waals surface area contributed by atoms with E-state index in [-0.39, 0.29) is 12.0 Å². The molecule has 0 radical (unpaired) electrons. The normalized spacial score (nSPS) is 10.5. The van der Waals surface area contributed by atoms with Crippen molar-refractivity contribution in [1.82, 2.24) is 5.32 Å².